The van der Waals surface area contributed by atoms with Crippen LogP contribution in [0.25, 0.3) is 0 Å². The van der Waals surface area contributed by atoms with Crippen LogP contribution in [0.3, 0.4) is 0 Å². The number of methoxy groups -OCH3 is 1. The largest absolute Gasteiger partial charge is 0.397 e. The summed E-state index contributed by atoms with van der Waals surface area (Å²) in [5.41, 5.74) is 8.34. The number of Topliss-reactive ketones (excluding diaryl/α,β-unsaturated/α-hetero) is 1. The van der Waals surface area contributed by atoms with Gasteiger partial charge in [-0.05, 0) is 31.6 Å². The van der Waals surface area contributed by atoms with Gasteiger partial charge in [0.05, 0.1) is 21.7 Å². The first kappa shape index (κ1) is 14.9. The second kappa shape index (κ2) is 5.97. The molecule has 2 fully saturated rings. The fourth-order valence-corrected chi connectivity index (χ4v) is 4.48. The number of nitrogen functional groups attached to an aromatic ring is 1. The predicted molar refractivity (Wildman–Crippen MR) is 87.6 cm³/mol. The van der Waals surface area contributed by atoms with Gasteiger partial charge in [-0.2, -0.15) is 0 Å². The molecule has 1 saturated heterocycles. The molecule has 0 unspecified atom stereocenters. The van der Waals surface area contributed by atoms with Crippen molar-refractivity contribution in [2.24, 2.45) is 0 Å². The molecule has 0 amide bonds. The van der Waals surface area contributed by atoms with Gasteiger partial charge in [-0.15, -0.1) is 11.3 Å². The number of piperidine rings is 1. The van der Waals surface area contributed by atoms with Gasteiger partial charge in [0.15, 0.2) is 5.78 Å². The minimum Gasteiger partial charge on any atom is -0.397 e. The van der Waals surface area contributed by atoms with Gasteiger partial charge in [-0.3, -0.25) is 4.79 Å². The third-order valence-corrected chi connectivity index (χ3v) is 5.91. The van der Waals surface area contributed by atoms with Gasteiger partial charge in [0, 0.05) is 32.2 Å². The lowest BCUT2D eigenvalue weighted by Crippen LogP contribution is -2.36. The van der Waals surface area contributed by atoms with Crippen molar-refractivity contribution in [2.75, 3.05) is 30.8 Å². The lowest BCUT2D eigenvalue weighted by molar-refractivity contribution is 0.0820. The number of ketones is 1. The smallest absolute Gasteiger partial charge is 0.174 e. The van der Waals surface area contributed by atoms with Crippen LogP contribution >= 0.6 is 11.3 Å². The molecule has 116 valence electrons. The van der Waals surface area contributed by atoms with Crippen LogP contribution in [0.1, 0.15) is 60.2 Å². The van der Waals surface area contributed by atoms with E-state index in [4.69, 9.17) is 10.5 Å². The van der Waals surface area contributed by atoms with Crippen molar-refractivity contribution in [2.45, 2.75) is 51.0 Å². The Morgan fingerprint density at radius 1 is 1.33 bits per heavy atom. The van der Waals surface area contributed by atoms with Crippen molar-refractivity contribution in [3.8, 4) is 0 Å². The summed E-state index contributed by atoms with van der Waals surface area (Å²) in [5, 5.41) is 1.25. The van der Waals surface area contributed by atoms with E-state index in [1.165, 1.54) is 23.4 Å². The molecule has 1 saturated carbocycles. The predicted octanol–water partition coefficient (Wildman–Crippen LogP) is 3.42. The minimum absolute atomic E-state index is 0.178. The molecular formula is C16H24N2O2S. The monoisotopic (exact) mass is 308 g/mol. The van der Waals surface area contributed by atoms with Crippen molar-refractivity contribution >= 4 is 27.8 Å². The maximum Gasteiger partial charge on any atom is 0.174 e. The van der Waals surface area contributed by atoms with Gasteiger partial charge in [0.25, 0.3) is 0 Å². The highest BCUT2D eigenvalue weighted by molar-refractivity contribution is 7.19. The normalized spacial score (nSPS) is 20.0. The average Bonchev–Trinajstić information content (AvgIpc) is 3.30. The van der Waals surface area contributed by atoms with Crippen LogP contribution in [0.5, 0.6) is 0 Å². The molecule has 2 aliphatic rings. The summed E-state index contributed by atoms with van der Waals surface area (Å²) in [7, 11) is 1.79. The molecule has 21 heavy (non-hydrogen) atoms. The number of ether oxygens (including phenoxy) is 1. The van der Waals surface area contributed by atoms with Crippen molar-refractivity contribution in [1.29, 1.82) is 0 Å². The summed E-state index contributed by atoms with van der Waals surface area (Å²) in [5.74, 6) is 0.757. The standard InChI is InChI=1S/C16H24N2O2S/c1-3-12(19)15-14(17)13(10-4-5-10)16(21-15)18-8-6-11(20-2)7-9-18/h10-11H,3-9,17H2,1-2H3. The van der Waals surface area contributed by atoms with Crippen LogP contribution in [0.2, 0.25) is 0 Å². The zero-order chi connectivity index (χ0) is 15.0. The molecule has 0 spiro atoms. The van der Waals surface area contributed by atoms with Crippen LogP contribution in [-0.2, 0) is 4.74 Å². The van der Waals surface area contributed by atoms with Gasteiger partial charge in [-0.25, -0.2) is 0 Å². The fourth-order valence-electron chi connectivity index (χ4n) is 3.11. The quantitative estimate of drug-likeness (QED) is 0.847. The summed E-state index contributed by atoms with van der Waals surface area (Å²) in [6.07, 6.45) is 5.43. The highest BCUT2D eigenvalue weighted by Gasteiger charge is 2.35. The van der Waals surface area contributed by atoms with Gasteiger partial charge in [-0.1, -0.05) is 6.92 Å². The first-order chi connectivity index (χ1) is 10.2. The minimum atomic E-state index is 0.178. The van der Waals surface area contributed by atoms with Gasteiger partial charge < -0.3 is 15.4 Å². The molecular weight excluding hydrogens is 284 g/mol. The van der Waals surface area contributed by atoms with E-state index in [1.54, 1.807) is 18.4 Å². The van der Waals surface area contributed by atoms with E-state index >= 15 is 0 Å². The first-order valence-electron chi connectivity index (χ1n) is 7.88. The lowest BCUT2D eigenvalue weighted by Gasteiger charge is -2.32. The van der Waals surface area contributed by atoms with Crippen LogP contribution < -0.4 is 10.6 Å². The average molecular weight is 308 g/mol. The topological polar surface area (TPSA) is 55.6 Å². The Balaban J connectivity index is 1.89. The third-order valence-electron chi connectivity index (χ3n) is 4.59. The zero-order valence-electron chi connectivity index (χ0n) is 12.9. The van der Waals surface area contributed by atoms with E-state index in [0.29, 0.717) is 18.4 Å². The molecule has 0 atom stereocenters. The Bertz CT molecular complexity index is 529. The zero-order valence-corrected chi connectivity index (χ0v) is 13.7. The molecule has 2 heterocycles. The maximum atomic E-state index is 12.1. The van der Waals surface area contributed by atoms with E-state index in [9.17, 15) is 4.79 Å². The number of thiophene rings is 1. The molecule has 0 radical (unpaired) electrons. The number of nitrogens with zero attached hydrogens (tertiary/aromatic N) is 1. The molecule has 1 aliphatic carbocycles. The van der Waals surface area contributed by atoms with Crippen molar-refractivity contribution in [3.05, 3.63) is 10.4 Å². The van der Waals surface area contributed by atoms with E-state index in [0.717, 1.165) is 36.5 Å². The summed E-state index contributed by atoms with van der Waals surface area (Å²) in [6, 6.07) is 0. The van der Waals surface area contributed by atoms with Crippen LogP contribution in [0.15, 0.2) is 0 Å². The lowest BCUT2D eigenvalue weighted by atomic mass is 10.1. The molecule has 3 rings (SSSR count). The fraction of sp³-hybridized carbons (Fsp3) is 0.688. The van der Waals surface area contributed by atoms with Crippen LogP contribution in [-0.4, -0.2) is 32.1 Å². The molecule has 0 bridgehead atoms. The Morgan fingerprint density at radius 3 is 2.52 bits per heavy atom. The maximum absolute atomic E-state index is 12.1. The van der Waals surface area contributed by atoms with Crippen molar-refractivity contribution < 1.29 is 9.53 Å². The van der Waals surface area contributed by atoms with E-state index < -0.39 is 0 Å². The van der Waals surface area contributed by atoms with Gasteiger partial charge >= 0.3 is 0 Å². The van der Waals surface area contributed by atoms with Gasteiger partial charge in [0.2, 0.25) is 0 Å². The molecule has 1 aromatic heterocycles. The highest BCUT2D eigenvalue weighted by atomic mass is 32.1. The van der Waals surface area contributed by atoms with Crippen LogP contribution in [0.4, 0.5) is 10.7 Å². The summed E-state index contributed by atoms with van der Waals surface area (Å²) >= 11 is 1.61. The molecule has 2 N–H and O–H groups in total. The molecule has 4 nitrogen and oxygen atoms in total. The Labute approximate surface area is 130 Å². The Kier molecular flexibility index (Phi) is 4.22. The third kappa shape index (κ3) is 2.81. The first-order valence-corrected chi connectivity index (χ1v) is 8.70. The number of nitrogens with two attached hydrogens (primary N) is 1. The second-order valence-corrected chi connectivity index (χ2v) is 7.04. The highest BCUT2D eigenvalue weighted by Crippen LogP contribution is 2.52. The van der Waals surface area contributed by atoms with Gasteiger partial charge in [0.1, 0.15) is 0 Å². The van der Waals surface area contributed by atoms with Crippen molar-refractivity contribution in [3.63, 3.8) is 0 Å². The van der Waals surface area contributed by atoms with Crippen molar-refractivity contribution in [1.82, 2.24) is 0 Å². The number of carbonyl (C=O) groups excluding carboxylic acids is 1. The molecule has 1 aromatic rings. The second-order valence-electron chi connectivity index (χ2n) is 6.04. The summed E-state index contributed by atoms with van der Waals surface area (Å²) in [4.78, 5) is 15.3. The van der Waals surface area contributed by atoms with E-state index in [-0.39, 0.29) is 5.78 Å². The molecule has 0 aromatic carbocycles. The van der Waals surface area contributed by atoms with Crippen LogP contribution in [0, 0.1) is 0 Å². The Morgan fingerprint density at radius 2 is 2.00 bits per heavy atom. The van der Waals surface area contributed by atoms with E-state index in [1.807, 2.05) is 6.92 Å². The number of hydrogen-bond donors (Lipinski definition) is 1. The van der Waals surface area contributed by atoms with E-state index in [2.05, 4.69) is 4.90 Å². The Hall–Kier alpha value is -1.07. The molecule has 5 heteroatoms. The number of anilines is 2. The SMILES string of the molecule is CCC(=O)c1sc(N2CCC(OC)CC2)c(C2CC2)c1N. The number of hydrogen-bond acceptors (Lipinski definition) is 5. The number of rotatable bonds is 5. The summed E-state index contributed by atoms with van der Waals surface area (Å²) < 4.78 is 5.45. The number of carbonyl (C=O) groups is 1. The molecule has 1 aliphatic heterocycles. The summed E-state index contributed by atoms with van der Waals surface area (Å²) in [6.45, 7) is 3.90.